The second kappa shape index (κ2) is 8.64. The molecule has 2 rings (SSSR count). The lowest BCUT2D eigenvalue weighted by Crippen LogP contribution is -2.52. The highest BCUT2D eigenvalue weighted by Gasteiger charge is 2.41. The highest BCUT2D eigenvalue weighted by atomic mass is 16.7. The normalized spacial score (nSPS) is 32.0. The predicted octanol–water partition coefficient (Wildman–Crippen LogP) is -0.829. The number of carbonyl (C=O) groups excluding carboxylic acids is 1. The first-order valence-corrected chi connectivity index (χ1v) is 7.75. The summed E-state index contributed by atoms with van der Waals surface area (Å²) in [6.07, 6.45) is 1.23. The lowest BCUT2D eigenvalue weighted by molar-refractivity contribution is -0.304. The van der Waals surface area contributed by atoms with Gasteiger partial charge in [-0.15, -0.1) is 0 Å². The Balaban J connectivity index is 1.61. The van der Waals surface area contributed by atoms with Gasteiger partial charge in [-0.05, 0) is 25.8 Å². The van der Waals surface area contributed by atoms with E-state index in [1.54, 1.807) is 0 Å². The standard InChI is InChI=1S/C14H26N2O6/c15-5-1-3-11-19-7-14(8-20-11)9-21-12(22-10-14)4-2-6-16-13(17)18/h11-12,16H,1-10,15H2,(H,17,18)/p-1. The predicted molar refractivity (Wildman–Crippen MR) is 74.7 cm³/mol. The Kier molecular flexibility index (Phi) is 6.84. The maximum atomic E-state index is 10.2. The van der Waals surface area contributed by atoms with Gasteiger partial charge in [-0.1, -0.05) is 0 Å². The molecule has 2 aliphatic heterocycles. The first kappa shape index (κ1) is 17.4. The Hall–Kier alpha value is -0.930. The van der Waals surface area contributed by atoms with Gasteiger partial charge in [0, 0.05) is 13.0 Å². The van der Waals surface area contributed by atoms with E-state index in [0.717, 1.165) is 12.8 Å². The zero-order valence-corrected chi connectivity index (χ0v) is 12.8. The van der Waals surface area contributed by atoms with Crippen molar-refractivity contribution in [3.63, 3.8) is 0 Å². The second-order valence-electron chi connectivity index (χ2n) is 5.89. The zero-order valence-electron chi connectivity index (χ0n) is 12.8. The lowest BCUT2D eigenvalue weighted by atomic mass is 9.90. The molecular weight excluding hydrogens is 292 g/mol. The molecule has 0 saturated carbocycles. The van der Waals surface area contributed by atoms with Crippen molar-refractivity contribution < 1.29 is 28.8 Å². The second-order valence-corrected chi connectivity index (χ2v) is 5.89. The number of amides is 1. The highest BCUT2D eigenvalue weighted by molar-refractivity contribution is 5.61. The van der Waals surface area contributed by atoms with Crippen LogP contribution < -0.4 is 16.2 Å². The number of nitrogens with two attached hydrogens (primary N) is 1. The van der Waals surface area contributed by atoms with Gasteiger partial charge in [0.15, 0.2) is 12.6 Å². The van der Waals surface area contributed by atoms with E-state index in [-0.39, 0.29) is 18.0 Å². The van der Waals surface area contributed by atoms with Crippen molar-refractivity contribution in [1.29, 1.82) is 0 Å². The molecule has 1 amide bonds. The molecule has 3 N–H and O–H groups in total. The van der Waals surface area contributed by atoms with Crippen molar-refractivity contribution >= 4 is 6.09 Å². The van der Waals surface area contributed by atoms with Crippen molar-refractivity contribution in [3.8, 4) is 0 Å². The molecule has 0 aromatic rings. The number of ether oxygens (including phenoxy) is 4. The fourth-order valence-electron chi connectivity index (χ4n) is 2.50. The van der Waals surface area contributed by atoms with Crippen LogP contribution in [0.2, 0.25) is 0 Å². The first-order chi connectivity index (χ1) is 10.6. The maximum Gasteiger partial charge on any atom is 0.157 e. The Morgan fingerprint density at radius 1 is 1.05 bits per heavy atom. The van der Waals surface area contributed by atoms with Gasteiger partial charge in [0.1, 0.15) is 6.09 Å². The molecule has 0 unspecified atom stereocenters. The van der Waals surface area contributed by atoms with Crippen LogP contribution in [0.25, 0.3) is 0 Å². The van der Waals surface area contributed by atoms with Crippen molar-refractivity contribution in [2.24, 2.45) is 11.1 Å². The number of carbonyl (C=O) groups is 1. The molecule has 0 atom stereocenters. The number of rotatable bonds is 7. The Morgan fingerprint density at radius 3 is 2.00 bits per heavy atom. The van der Waals surface area contributed by atoms with Gasteiger partial charge < -0.3 is 39.9 Å². The van der Waals surface area contributed by atoms with E-state index in [2.05, 4.69) is 5.32 Å². The van der Waals surface area contributed by atoms with E-state index in [4.69, 9.17) is 24.7 Å². The quantitative estimate of drug-likeness (QED) is 0.589. The Bertz CT molecular complexity index is 336. The van der Waals surface area contributed by atoms with Gasteiger partial charge in [-0.25, -0.2) is 0 Å². The number of hydrogen-bond acceptors (Lipinski definition) is 7. The van der Waals surface area contributed by atoms with Crippen molar-refractivity contribution in [1.82, 2.24) is 5.32 Å². The zero-order chi connectivity index (χ0) is 15.8. The Morgan fingerprint density at radius 2 is 1.55 bits per heavy atom. The Labute approximate surface area is 130 Å². The molecule has 0 bridgehead atoms. The molecule has 1 spiro atoms. The number of carboxylic acid groups (broad SMARTS) is 1. The van der Waals surface area contributed by atoms with E-state index in [0.29, 0.717) is 52.4 Å². The van der Waals surface area contributed by atoms with Crippen LogP contribution in [0, 0.1) is 5.41 Å². The molecule has 2 heterocycles. The molecular formula is C14H25N2O6-. The maximum absolute atomic E-state index is 10.2. The van der Waals surface area contributed by atoms with Crippen molar-refractivity contribution in [2.45, 2.75) is 38.3 Å². The molecule has 2 fully saturated rings. The minimum Gasteiger partial charge on any atom is -0.530 e. The van der Waals surface area contributed by atoms with Crippen molar-refractivity contribution in [3.05, 3.63) is 0 Å². The minimum absolute atomic E-state index is 0.178. The molecule has 0 aromatic heterocycles. The number of nitrogens with one attached hydrogen (secondary N) is 1. The summed E-state index contributed by atoms with van der Waals surface area (Å²) in [6, 6.07) is 0. The molecule has 8 heteroatoms. The summed E-state index contributed by atoms with van der Waals surface area (Å²) in [5.74, 6) is 0. The number of hydrogen-bond donors (Lipinski definition) is 2. The monoisotopic (exact) mass is 317 g/mol. The first-order valence-electron chi connectivity index (χ1n) is 7.75. The fourth-order valence-corrected chi connectivity index (χ4v) is 2.50. The van der Waals surface area contributed by atoms with E-state index < -0.39 is 6.09 Å². The molecule has 2 saturated heterocycles. The third kappa shape index (κ3) is 5.36. The summed E-state index contributed by atoms with van der Waals surface area (Å²) < 4.78 is 22.8. The van der Waals surface area contributed by atoms with Gasteiger partial charge in [-0.2, -0.15) is 0 Å². The third-order valence-electron chi connectivity index (χ3n) is 3.83. The van der Waals surface area contributed by atoms with E-state index in [9.17, 15) is 9.90 Å². The summed E-state index contributed by atoms with van der Waals surface area (Å²) in [4.78, 5) is 10.2. The third-order valence-corrected chi connectivity index (χ3v) is 3.83. The van der Waals surface area contributed by atoms with Crippen molar-refractivity contribution in [2.75, 3.05) is 39.5 Å². The van der Waals surface area contributed by atoms with Crippen LogP contribution in [0.1, 0.15) is 25.7 Å². The average Bonchev–Trinajstić information content (AvgIpc) is 2.53. The van der Waals surface area contributed by atoms with Gasteiger partial charge in [-0.3, -0.25) is 0 Å². The van der Waals surface area contributed by atoms with Crippen LogP contribution in [0.3, 0.4) is 0 Å². The van der Waals surface area contributed by atoms with E-state index >= 15 is 0 Å². The summed E-state index contributed by atoms with van der Waals surface area (Å²) in [6.45, 7) is 3.13. The molecule has 0 aliphatic carbocycles. The molecule has 0 radical (unpaired) electrons. The van der Waals surface area contributed by atoms with Gasteiger partial charge >= 0.3 is 0 Å². The minimum atomic E-state index is -1.26. The summed E-state index contributed by atoms with van der Waals surface area (Å²) in [7, 11) is 0. The van der Waals surface area contributed by atoms with Crippen LogP contribution >= 0.6 is 0 Å². The van der Waals surface area contributed by atoms with E-state index in [1.165, 1.54) is 0 Å². The largest absolute Gasteiger partial charge is 0.530 e. The lowest BCUT2D eigenvalue weighted by Gasteiger charge is -2.43. The topological polar surface area (TPSA) is 115 Å². The van der Waals surface area contributed by atoms with Crippen LogP contribution in [0.4, 0.5) is 4.79 Å². The molecule has 8 nitrogen and oxygen atoms in total. The SMILES string of the molecule is NCCCC1OCC2(CO1)COC(CCCNC(=O)[O-])OC2. The molecule has 0 aromatic carbocycles. The molecule has 22 heavy (non-hydrogen) atoms. The van der Waals surface area contributed by atoms with Crippen LogP contribution in [0.5, 0.6) is 0 Å². The summed E-state index contributed by atoms with van der Waals surface area (Å²) in [5, 5.41) is 12.4. The van der Waals surface area contributed by atoms with Gasteiger partial charge in [0.25, 0.3) is 0 Å². The summed E-state index contributed by atoms with van der Waals surface area (Å²) in [5.41, 5.74) is 5.24. The molecule has 2 aliphatic rings. The van der Waals surface area contributed by atoms with Crippen LogP contribution in [0.15, 0.2) is 0 Å². The van der Waals surface area contributed by atoms with Gasteiger partial charge in [0.05, 0.1) is 31.8 Å². The van der Waals surface area contributed by atoms with E-state index in [1.807, 2.05) is 0 Å². The fraction of sp³-hybridized carbons (Fsp3) is 0.929. The smallest absolute Gasteiger partial charge is 0.157 e. The summed E-state index contributed by atoms with van der Waals surface area (Å²) >= 11 is 0. The average molecular weight is 317 g/mol. The van der Waals surface area contributed by atoms with Crippen LogP contribution in [-0.2, 0) is 18.9 Å². The van der Waals surface area contributed by atoms with Gasteiger partial charge in [0.2, 0.25) is 0 Å². The highest BCUT2D eigenvalue weighted by Crippen LogP contribution is 2.31. The van der Waals surface area contributed by atoms with Crippen LogP contribution in [-0.4, -0.2) is 58.2 Å². The molecule has 128 valence electrons.